The van der Waals surface area contributed by atoms with Crippen molar-refractivity contribution in [1.82, 2.24) is 4.90 Å². The summed E-state index contributed by atoms with van der Waals surface area (Å²) in [6.45, 7) is 4.86. The van der Waals surface area contributed by atoms with Gasteiger partial charge < -0.3 is 15.4 Å². The van der Waals surface area contributed by atoms with Crippen molar-refractivity contribution in [2.24, 2.45) is 16.6 Å². The number of guanidine groups is 1. The predicted octanol–water partition coefficient (Wildman–Crippen LogP) is 2.92. The first-order valence-corrected chi connectivity index (χ1v) is 8.39. The van der Waals surface area contributed by atoms with Gasteiger partial charge in [0, 0.05) is 26.1 Å². The molecular formula is C16H30IN3O2. The summed E-state index contributed by atoms with van der Waals surface area (Å²) in [5.74, 6) is 1.24. The molecule has 0 aromatic heterocycles. The van der Waals surface area contributed by atoms with Crippen molar-refractivity contribution in [2.75, 3.05) is 19.6 Å². The van der Waals surface area contributed by atoms with Gasteiger partial charge in [0.2, 0.25) is 0 Å². The number of likely N-dealkylation sites (tertiary alicyclic amines) is 1. The van der Waals surface area contributed by atoms with Gasteiger partial charge in [-0.2, -0.15) is 0 Å². The normalized spacial score (nSPS) is 23.2. The van der Waals surface area contributed by atoms with E-state index in [2.05, 4.69) is 16.8 Å². The molecule has 2 N–H and O–H groups in total. The molecule has 22 heavy (non-hydrogen) atoms. The van der Waals surface area contributed by atoms with Crippen LogP contribution in [0.25, 0.3) is 0 Å². The molecule has 2 fully saturated rings. The number of piperidine rings is 1. The fourth-order valence-electron chi connectivity index (χ4n) is 3.17. The van der Waals surface area contributed by atoms with Crippen molar-refractivity contribution in [3.05, 3.63) is 0 Å². The first-order chi connectivity index (χ1) is 10.1. The number of esters is 1. The summed E-state index contributed by atoms with van der Waals surface area (Å²) in [4.78, 5) is 18.2. The van der Waals surface area contributed by atoms with Crippen LogP contribution in [0.1, 0.15) is 58.3 Å². The molecule has 1 aliphatic heterocycles. The number of nitrogens with two attached hydrogens (primary N) is 1. The van der Waals surface area contributed by atoms with E-state index in [1.807, 2.05) is 0 Å². The SMILES string of the molecule is CC1CCCN(C(N)=NCCCC(=O)OC2CCCC2)C1.I. The lowest BCUT2D eigenvalue weighted by molar-refractivity contribution is -0.148. The minimum atomic E-state index is -0.0812. The van der Waals surface area contributed by atoms with Gasteiger partial charge in [0.15, 0.2) is 5.96 Å². The molecule has 6 heteroatoms. The van der Waals surface area contributed by atoms with Crippen molar-refractivity contribution < 1.29 is 9.53 Å². The molecule has 2 rings (SSSR count). The molecule has 0 radical (unpaired) electrons. The third-order valence-corrected chi connectivity index (χ3v) is 4.39. The van der Waals surface area contributed by atoms with E-state index in [1.54, 1.807) is 0 Å². The summed E-state index contributed by atoms with van der Waals surface area (Å²) in [6, 6.07) is 0. The van der Waals surface area contributed by atoms with Crippen LogP contribution in [0.5, 0.6) is 0 Å². The Labute approximate surface area is 151 Å². The van der Waals surface area contributed by atoms with Crippen LogP contribution >= 0.6 is 24.0 Å². The van der Waals surface area contributed by atoms with E-state index in [0.29, 0.717) is 24.8 Å². The molecule has 1 saturated carbocycles. The van der Waals surface area contributed by atoms with Gasteiger partial charge in [-0.3, -0.25) is 9.79 Å². The highest BCUT2D eigenvalue weighted by Gasteiger charge is 2.19. The number of carbonyl (C=O) groups excluding carboxylic acids is 1. The summed E-state index contributed by atoms with van der Waals surface area (Å²) in [6.07, 6.45) is 8.23. The molecule has 0 amide bonds. The summed E-state index contributed by atoms with van der Waals surface area (Å²) in [5.41, 5.74) is 6.02. The Kier molecular flexibility index (Phi) is 9.12. The Morgan fingerprint density at radius 1 is 1.27 bits per heavy atom. The van der Waals surface area contributed by atoms with E-state index in [4.69, 9.17) is 10.5 Å². The van der Waals surface area contributed by atoms with E-state index >= 15 is 0 Å². The highest BCUT2D eigenvalue weighted by molar-refractivity contribution is 14.0. The van der Waals surface area contributed by atoms with Crippen LogP contribution in [0.4, 0.5) is 0 Å². The van der Waals surface area contributed by atoms with Crippen molar-refractivity contribution in [1.29, 1.82) is 0 Å². The summed E-state index contributed by atoms with van der Waals surface area (Å²) in [7, 11) is 0. The zero-order valence-corrected chi connectivity index (χ0v) is 16.0. The molecule has 2 aliphatic rings. The molecule has 1 aliphatic carbocycles. The van der Waals surface area contributed by atoms with Crippen molar-refractivity contribution in [2.45, 2.75) is 64.4 Å². The Morgan fingerprint density at radius 3 is 2.68 bits per heavy atom. The quantitative estimate of drug-likeness (QED) is 0.243. The molecule has 0 aromatic rings. The van der Waals surface area contributed by atoms with Crippen LogP contribution in [0.15, 0.2) is 4.99 Å². The van der Waals surface area contributed by atoms with Gasteiger partial charge in [-0.25, -0.2) is 0 Å². The lowest BCUT2D eigenvalue weighted by atomic mass is 10.0. The number of rotatable bonds is 5. The maximum atomic E-state index is 11.7. The van der Waals surface area contributed by atoms with Gasteiger partial charge in [0.25, 0.3) is 0 Å². The summed E-state index contributed by atoms with van der Waals surface area (Å²) < 4.78 is 5.42. The average molecular weight is 423 g/mol. The van der Waals surface area contributed by atoms with E-state index in [9.17, 15) is 4.79 Å². The number of nitrogens with zero attached hydrogens (tertiary/aromatic N) is 2. The zero-order valence-electron chi connectivity index (χ0n) is 13.6. The number of ether oxygens (including phenoxy) is 1. The maximum Gasteiger partial charge on any atom is 0.306 e. The minimum Gasteiger partial charge on any atom is -0.462 e. The Balaban J connectivity index is 0.00000242. The van der Waals surface area contributed by atoms with Crippen molar-refractivity contribution in [3.8, 4) is 0 Å². The molecule has 1 atom stereocenters. The van der Waals surface area contributed by atoms with Crippen LogP contribution < -0.4 is 5.73 Å². The largest absolute Gasteiger partial charge is 0.462 e. The smallest absolute Gasteiger partial charge is 0.306 e. The first kappa shape index (κ1) is 19.5. The number of aliphatic imine (C=N–C) groups is 1. The van der Waals surface area contributed by atoms with Gasteiger partial charge >= 0.3 is 5.97 Å². The van der Waals surface area contributed by atoms with Crippen LogP contribution in [-0.4, -0.2) is 42.6 Å². The van der Waals surface area contributed by atoms with Crippen LogP contribution in [0.2, 0.25) is 0 Å². The van der Waals surface area contributed by atoms with E-state index in [-0.39, 0.29) is 36.0 Å². The lowest BCUT2D eigenvalue weighted by Crippen LogP contribution is -2.43. The topological polar surface area (TPSA) is 67.9 Å². The summed E-state index contributed by atoms with van der Waals surface area (Å²) >= 11 is 0. The maximum absolute atomic E-state index is 11.7. The van der Waals surface area contributed by atoms with Gasteiger partial charge in [0.1, 0.15) is 6.10 Å². The fraction of sp³-hybridized carbons (Fsp3) is 0.875. The van der Waals surface area contributed by atoms with Crippen LogP contribution in [0.3, 0.4) is 0 Å². The molecule has 0 aromatic carbocycles. The standard InChI is InChI=1S/C16H29N3O2.HI/c1-13-6-5-11-19(12-13)16(17)18-10-4-9-15(20)21-14-7-2-3-8-14;/h13-14H,2-12H2,1H3,(H2,17,18);1H. The third kappa shape index (κ3) is 6.71. The third-order valence-electron chi connectivity index (χ3n) is 4.39. The molecule has 5 nitrogen and oxygen atoms in total. The Hall–Kier alpha value is -0.530. The molecule has 0 bridgehead atoms. The molecule has 128 valence electrons. The number of halogens is 1. The molecular weight excluding hydrogens is 393 g/mol. The van der Waals surface area contributed by atoms with Crippen molar-refractivity contribution in [3.63, 3.8) is 0 Å². The van der Waals surface area contributed by atoms with E-state index < -0.39 is 0 Å². The number of carbonyl (C=O) groups is 1. The van der Waals surface area contributed by atoms with Gasteiger partial charge in [-0.05, 0) is 50.9 Å². The molecule has 1 heterocycles. The average Bonchev–Trinajstić information content (AvgIpc) is 2.96. The Morgan fingerprint density at radius 2 is 2.00 bits per heavy atom. The molecule has 0 spiro atoms. The zero-order chi connectivity index (χ0) is 15.1. The minimum absolute atomic E-state index is 0. The monoisotopic (exact) mass is 423 g/mol. The van der Waals surface area contributed by atoms with Gasteiger partial charge in [-0.1, -0.05) is 6.92 Å². The highest BCUT2D eigenvalue weighted by atomic mass is 127. The second-order valence-corrected chi connectivity index (χ2v) is 6.43. The van der Waals surface area contributed by atoms with Crippen molar-refractivity contribution >= 4 is 35.9 Å². The lowest BCUT2D eigenvalue weighted by Gasteiger charge is -2.31. The summed E-state index contributed by atoms with van der Waals surface area (Å²) in [5, 5.41) is 0. The number of hydrogen-bond acceptors (Lipinski definition) is 3. The van der Waals surface area contributed by atoms with Crippen LogP contribution in [-0.2, 0) is 9.53 Å². The second-order valence-electron chi connectivity index (χ2n) is 6.43. The van der Waals surface area contributed by atoms with Gasteiger partial charge in [-0.15, -0.1) is 24.0 Å². The Bertz CT molecular complexity index is 370. The van der Waals surface area contributed by atoms with E-state index in [1.165, 1.54) is 25.7 Å². The molecule has 1 unspecified atom stereocenters. The highest BCUT2D eigenvalue weighted by Crippen LogP contribution is 2.21. The van der Waals surface area contributed by atoms with E-state index in [0.717, 1.165) is 32.4 Å². The molecule has 1 saturated heterocycles. The predicted molar refractivity (Wildman–Crippen MR) is 99.5 cm³/mol. The number of hydrogen-bond donors (Lipinski definition) is 1. The van der Waals surface area contributed by atoms with Crippen LogP contribution in [0, 0.1) is 5.92 Å². The first-order valence-electron chi connectivity index (χ1n) is 8.39. The second kappa shape index (κ2) is 10.3. The van der Waals surface area contributed by atoms with Gasteiger partial charge in [0.05, 0.1) is 0 Å². The fourth-order valence-corrected chi connectivity index (χ4v) is 3.17.